The smallest absolute Gasteiger partial charge is 0.126 e. The maximum Gasteiger partial charge on any atom is 0.126 e. The molecule has 1 aliphatic rings. The molecule has 1 aliphatic carbocycles. The van der Waals surface area contributed by atoms with Crippen molar-refractivity contribution in [3.05, 3.63) is 57.6 Å². The lowest BCUT2D eigenvalue weighted by molar-refractivity contribution is 0.409. The normalized spacial score (nSPS) is 16.7. The Morgan fingerprint density at radius 1 is 1.10 bits per heavy atom. The number of methoxy groups -OCH3 is 1. The second kappa shape index (κ2) is 5.61. The number of hydrogen-bond acceptors (Lipinski definition) is 2. The average molecular weight is 302 g/mol. The molecule has 1 unspecified atom stereocenters. The summed E-state index contributed by atoms with van der Waals surface area (Å²) in [6.45, 7) is 4.18. The molecule has 0 amide bonds. The van der Waals surface area contributed by atoms with Crippen LogP contribution < -0.4 is 10.1 Å². The fourth-order valence-electron chi connectivity index (χ4n) is 3.21. The zero-order valence-electron chi connectivity index (χ0n) is 12.7. The molecule has 0 radical (unpaired) electrons. The summed E-state index contributed by atoms with van der Waals surface area (Å²) in [5, 5.41) is 4.48. The second-order valence-corrected chi connectivity index (χ2v) is 6.19. The fraction of sp³-hybridized carbons (Fsp3) is 0.333. The van der Waals surface area contributed by atoms with Crippen LogP contribution in [0.25, 0.3) is 0 Å². The molecule has 0 aliphatic heterocycles. The SMILES string of the molecule is COc1c(C)ccc(NC2Cc3ccc(Cl)cc3C2)c1C. The van der Waals surface area contributed by atoms with Crippen LogP contribution in [-0.4, -0.2) is 13.2 Å². The predicted molar refractivity (Wildman–Crippen MR) is 88.7 cm³/mol. The molecule has 0 saturated carbocycles. The number of aryl methyl sites for hydroxylation is 1. The van der Waals surface area contributed by atoms with E-state index < -0.39 is 0 Å². The van der Waals surface area contributed by atoms with Gasteiger partial charge in [-0.25, -0.2) is 0 Å². The lowest BCUT2D eigenvalue weighted by Gasteiger charge is -2.18. The maximum absolute atomic E-state index is 6.08. The van der Waals surface area contributed by atoms with Crippen molar-refractivity contribution in [2.45, 2.75) is 32.7 Å². The van der Waals surface area contributed by atoms with E-state index in [2.05, 4.69) is 43.4 Å². The van der Waals surface area contributed by atoms with Gasteiger partial charge in [0.25, 0.3) is 0 Å². The van der Waals surface area contributed by atoms with Crippen LogP contribution in [0.15, 0.2) is 30.3 Å². The highest BCUT2D eigenvalue weighted by Crippen LogP contribution is 2.32. The summed E-state index contributed by atoms with van der Waals surface area (Å²) in [5.41, 5.74) is 6.25. The topological polar surface area (TPSA) is 21.3 Å². The van der Waals surface area contributed by atoms with Gasteiger partial charge in [0.2, 0.25) is 0 Å². The van der Waals surface area contributed by atoms with Gasteiger partial charge in [0.05, 0.1) is 7.11 Å². The molecule has 0 saturated heterocycles. The quantitative estimate of drug-likeness (QED) is 0.898. The summed E-state index contributed by atoms with van der Waals surface area (Å²) in [6, 6.07) is 10.9. The summed E-state index contributed by atoms with van der Waals surface area (Å²) in [6.07, 6.45) is 2.06. The van der Waals surface area contributed by atoms with Crippen molar-refractivity contribution in [1.82, 2.24) is 0 Å². The Morgan fingerprint density at radius 2 is 1.86 bits per heavy atom. The minimum Gasteiger partial charge on any atom is -0.496 e. The van der Waals surface area contributed by atoms with Crippen molar-refractivity contribution in [2.24, 2.45) is 0 Å². The number of anilines is 1. The molecule has 1 N–H and O–H groups in total. The molecule has 2 aromatic carbocycles. The minimum atomic E-state index is 0.421. The Hall–Kier alpha value is -1.67. The summed E-state index contributed by atoms with van der Waals surface area (Å²) in [5.74, 6) is 0.971. The molecule has 2 nitrogen and oxygen atoms in total. The lowest BCUT2D eigenvalue weighted by atomic mass is 10.1. The van der Waals surface area contributed by atoms with E-state index >= 15 is 0 Å². The molecule has 0 bridgehead atoms. The number of hydrogen-bond donors (Lipinski definition) is 1. The fourth-order valence-corrected chi connectivity index (χ4v) is 3.40. The van der Waals surface area contributed by atoms with Crippen molar-refractivity contribution in [1.29, 1.82) is 0 Å². The predicted octanol–water partition coefficient (Wildman–Crippen LogP) is 4.54. The third-order valence-electron chi connectivity index (χ3n) is 4.27. The third kappa shape index (κ3) is 2.73. The van der Waals surface area contributed by atoms with Gasteiger partial charge in [-0.3, -0.25) is 0 Å². The highest BCUT2D eigenvalue weighted by molar-refractivity contribution is 6.30. The molecule has 3 rings (SSSR count). The van der Waals surface area contributed by atoms with Crippen LogP contribution in [0.3, 0.4) is 0 Å². The van der Waals surface area contributed by atoms with Gasteiger partial charge in [-0.05, 0) is 61.6 Å². The average Bonchev–Trinajstić information content (AvgIpc) is 2.84. The molecule has 3 heteroatoms. The van der Waals surface area contributed by atoms with Gasteiger partial charge in [0, 0.05) is 22.3 Å². The highest BCUT2D eigenvalue weighted by Gasteiger charge is 2.22. The van der Waals surface area contributed by atoms with E-state index in [1.165, 1.54) is 22.3 Å². The molecule has 21 heavy (non-hydrogen) atoms. The van der Waals surface area contributed by atoms with Crippen LogP contribution in [0, 0.1) is 13.8 Å². The van der Waals surface area contributed by atoms with Crippen molar-refractivity contribution in [3.63, 3.8) is 0 Å². The van der Waals surface area contributed by atoms with Crippen LogP contribution in [0.1, 0.15) is 22.3 Å². The minimum absolute atomic E-state index is 0.421. The van der Waals surface area contributed by atoms with Gasteiger partial charge >= 0.3 is 0 Å². The zero-order chi connectivity index (χ0) is 15.0. The first-order chi connectivity index (χ1) is 10.1. The maximum atomic E-state index is 6.08. The van der Waals surface area contributed by atoms with Crippen molar-refractivity contribution >= 4 is 17.3 Å². The van der Waals surface area contributed by atoms with Gasteiger partial charge in [-0.15, -0.1) is 0 Å². The summed E-state index contributed by atoms with van der Waals surface area (Å²) in [4.78, 5) is 0. The lowest BCUT2D eigenvalue weighted by Crippen LogP contribution is -2.20. The molecular formula is C18H20ClNO. The molecule has 1 atom stereocenters. The first-order valence-corrected chi connectivity index (χ1v) is 7.64. The van der Waals surface area contributed by atoms with Crippen LogP contribution in [0.2, 0.25) is 5.02 Å². The van der Waals surface area contributed by atoms with Crippen LogP contribution >= 0.6 is 11.6 Å². The molecule has 0 spiro atoms. The van der Waals surface area contributed by atoms with E-state index in [0.717, 1.165) is 29.3 Å². The Morgan fingerprint density at radius 3 is 2.62 bits per heavy atom. The van der Waals surface area contributed by atoms with Crippen LogP contribution in [-0.2, 0) is 12.8 Å². The summed E-state index contributed by atoms with van der Waals surface area (Å²) >= 11 is 6.08. The van der Waals surface area contributed by atoms with Crippen molar-refractivity contribution < 1.29 is 4.74 Å². The molecule has 0 fully saturated rings. The van der Waals surface area contributed by atoms with Gasteiger partial charge in [-0.1, -0.05) is 23.7 Å². The highest BCUT2D eigenvalue weighted by atomic mass is 35.5. The first kappa shape index (κ1) is 14.3. The number of benzene rings is 2. The number of fused-ring (bicyclic) bond motifs is 1. The Bertz CT molecular complexity index is 681. The number of nitrogens with one attached hydrogen (secondary N) is 1. The Balaban J connectivity index is 1.80. The number of ether oxygens (including phenoxy) is 1. The van der Waals surface area contributed by atoms with E-state index in [9.17, 15) is 0 Å². The van der Waals surface area contributed by atoms with E-state index in [-0.39, 0.29) is 0 Å². The van der Waals surface area contributed by atoms with Gasteiger partial charge in [-0.2, -0.15) is 0 Å². The van der Waals surface area contributed by atoms with E-state index in [1.54, 1.807) is 7.11 Å². The first-order valence-electron chi connectivity index (χ1n) is 7.26. The largest absolute Gasteiger partial charge is 0.496 e. The molecule has 110 valence electrons. The number of halogens is 1. The Labute approximate surface area is 131 Å². The van der Waals surface area contributed by atoms with Gasteiger partial charge < -0.3 is 10.1 Å². The van der Waals surface area contributed by atoms with E-state index in [1.807, 2.05) is 6.07 Å². The standard InChI is InChI=1S/C18H20ClNO/c1-11-4-7-17(12(2)18(11)21-3)20-16-9-13-5-6-15(19)8-14(13)10-16/h4-8,16,20H,9-10H2,1-3H3. The van der Waals surface area contributed by atoms with Gasteiger partial charge in [0.15, 0.2) is 0 Å². The van der Waals surface area contributed by atoms with Crippen LogP contribution in [0.5, 0.6) is 5.75 Å². The molecular weight excluding hydrogens is 282 g/mol. The molecule has 2 aromatic rings. The Kier molecular flexibility index (Phi) is 3.81. The second-order valence-electron chi connectivity index (χ2n) is 5.75. The van der Waals surface area contributed by atoms with Crippen LogP contribution in [0.4, 0.5) is 5.69 Å². The summed E-state index contributed by atoms with van der Waals surface area (Å²) < 4.78 is 5.50. The molecule has 0 heterocycles. The van der Waals surface area contributed by atoms with E-state index in [4.69, 9.17) is 16.3 Å². The zero-order valence-corrected chi connectivity index (χ0v) is 13.4. The van der Waals surface area contributed by atoms with E-state index in [0.29, 0.717) is 6.04 Å². The summed E-state index contributed by atoms with van der Waals surface area (Å²) in [7, 11) is 1.73. The van der Waals surface area contributed by atoms with Gasteiger partial charge in [0.1, 0.15) is 5.75 Å². The third-order valence-corrected chi connectivity index (χ3v) is 4.50. The molecule has 0 aromatic heterocycles. The number of rotatable bonds is 3. The monoisotopic (exact) mass is 301 g/mol. The van der Waals surface area contributed by atoms with Crippen molar-refractivity contribution in [2.75, 3.05) is 12.4 Å². The van der Waals surface area contributed by atoms with Crippen molar-refractivity contribution in [3.8, 4) is 5.75 Å².